The summed E-state index contributed by atoms with van der Waals surface area (Å²) < 4.78 is 43.3. The van der Waals surface area contributed by atoms with Gasteiger partial charge in [0.2, 0.25) is 0 Å². The van der Waals surface area contributed by atoms with Crippen molar-refractivity contribution in [2.45, 2.75) is 32.2 Å². The van der Waals surface area contributed by atoms with Crippen LogP contribution in [0.5, 0.6) is 0 Å². The Kier molecular flexibility index (Phi) is 4.91. The van der Waals surface area contributed by atoms with Crippen LogP contribution in [0.15, 0.2) is 0 Å². The Balaban J connectivity index is 3.11. The zero-order chi connectivity index (χ0) is 13.1. The van der Waals surface area contributed by atoms with Gasteiger partial charge >= 0.3 is 6.18 Å². The molecule has 17 heavy (non-hydrogen) atoms. The first-order chi connectivity index (χ1) is 7.93. The van der Waals surface area contributed by atoms with Crippen molar-refractivity contribution in [3.63, 3.8) is 0 Å². The number of nitrogens with zero attached hydrogens (tertiary/aromatic N) is 1. The van der Waals surface area contributed by atoms with E-state index in [1.807, 2.05) is 6.92 Å². The third-order valence-electron chi connectivity index (χ3n) is 2.25. The number of ether oxygens (including phenoxy) is 1. The molecule has 1 heterocycles. The van der Waals surface area contributed by atoms with Crippen LogP contribution in [0.1, 0.15) is 35.0 Å². The first kappa shape index (κ1) is 14.4. The van der Waals surface area contributed by atoms with Crippen molar-refractivity contribution in [3.05, 3.63) is 15.6 Å². The molecule has 3 nitrogen and oxygen atoms in total. The fraction of sp³-hybridized carbons (Fsp3) is 0.700. The van der Waals surface area contributed by atoms with Crippen LogP contribution >= 0.6 is 11.3 Å². The maximum Gasteiger partial charge on any atom is 0.434 e. The predicted octanol–water partition coefficient (Wildman–Crippen LogP) is 2.98. The number of hydrogen-bond donors (Lipinski definition) is 1. The summed E-state index contributed by atoms with van der Waals surface area (Å²) in [4.78, 5) is 3.87. The molecule has 0 radical (unpaired) electrons. The van der Waals surface area contributed by atoms with E-state index in [1.165, 1.54) is 7.11 Å². The van der Waals surface area contributed by atoms with Crippen LogP contribution in [0.3, 0.4) is 0 Å². The van der Waals surface area contributed by atoms with Crippen LogP contribution < -0.4 is 5.32 Å². The second kappa shape index (κ2) is 5.79. The van der Waals surface area contributed by atoms with Gasteiger partial charge in [-0.2, -0.15) is 13.2 Å². The maximum atomic E-state index is 12.7. The third kappa shape index (κ3) is 3.40. The van der Waals surface area contributed by atoms with E-state index in [2.05, 4.69) is 10.3 Å². The van der Waals surface area contributed by atoms with E-state index in [0.29, 0.717) is 11.4 Å². The Bertz CT molecular complexity index is 361. The molecule has 1 rings (SSSR count). The number of halogens is 3. The van der Waals surface area contributed by atoms with Gasteiger partial charge in [0, 0.05) is 13.7 Å². The van der Waals surface area contributed by atoms with Gasteiger partial charge in [-0.15, -0.1) is 11.3 Å². The average Bonchev–Trinajstić information content (AvgIpc) is 2.64. The van der Waals surface area contributed by atoms with Crippen molar-refractivity contribution < 1.29 is 17.9 Å². The van der Waals surface area contributed by atoms with Crippen LogP contribution in [0.4, 0.5) is 13.2 Å². The average molecular weight is 268 g/mol. The van der Waals surface area contributed by atoms with Gasteiger partial charge in [-0.25, -0.2) is 4.98 Å². The summed E-state index contributed by atoms with van der Waals surface area (Å²) in [5.41, 5.74) is -0.803. The number of methoxy groups -OCH3 is 1. The lowest BCUT2D eigenvalue weighted by molar-refractivity contribution is -0.141. The van der Waals surface area contributed by atoms with Crippen molar-refractivity contribution >= 4 is 11.3 Å². The molecule has 0 aliphatic carbocycles. The summed E-state index contributed by atoms with van der Waals surface area (Å²) in [6.07, 6.45) is -4.18. The molecular weight excluding hydrogens is 253 g/mol. The quantitative estimate of drug-likeness (QED) is 0.891. The predicted molar refractivity (Wildman–Crippen MR) is 59.9 cm³/mol. The Labute approximate surface area is 102 Å². The molecule has 1 aromatic rings. The molecule has 1 aromatic heterocycles. The number of alkyl halides is 3. The van der Waals surface area contributed by atoms with Crippen molar-refractivity contribution in [1.29, 1.82) is 0 Å². The highest BCUT2D eigenvalue weighted by atomic mass is 32.1. The van der Waals surface area contributed by atoms with Crippen molar-refractivity contribution in [1.82, 2.24) is 10.3 Å². The molecule has 0 aliphatic heterocycles. The fourth-order valence-corrected chi connectivity index (χ4v) is 2.71. The first-order valence-electron chi connectivity index (χ1n) is 5.18. The largest absolute Gasteiger partial charge is 0.434 e. The van der Waals surface area contributed by atoms with Gasteiger partial charge in [0.15, 0.2) is 5.69 Å². The molecule has 0 saturated heterocycles. The molecule has 7 heteroatoms. The van der Waals surface area contributed by atoms with Gasteiger partial charge in [0.1, 0.15) is 11.1 Å². The molecule has 98 valence electrons. The van der Waals surface area contributed by atoms with Gasteiger partial charge in [0.05, 0.1) is 4.88 Å². The second-order valence-electron chi connectivity index (χ2n) is 3.48. The summed E-state index contributed by atoms with van der Waals surface area (Å²) in [7, 11) is 3.08. The number of aromatic nitrogens is 1. The lowest BCUT2D eigenvalue weighted by Crippen LogP contribution is -2.13. The van der Waals surface area contributed by atoms with E-state index in [0.717, 1.165) is 11.3 Å². The molecule has 1 N–H and O–H groups in total. The highest BCUT2D eigenvalue weighted by Gasteiger charge is 2.37. The molecule has 0 bridgehead atoms. The molecule has 0 spiro atoms. The number of rotatable bonds is 5. The molecule has 1 atom stereocenters. The van der Waals surface area contributed by atoms with Gasteiger partial charge in [-0.1, -0.05) is 6.92 Å². The van der Waals surface area contributed by atoms with Gasteiger partial charge in [-0.05, 0) is 13.5 Å². The van der Waals surface area contributed by atoms with Crippen LogP contribution in [-0.4, -0.2) is 19.1 Å². The summed E-state index contributed by atoms with van der Waals surface area (Å²) >= 11 is 1.05. The number of nitrogens with one attached hydrogen (secondary N) is 1. The van der Waals surface area contributed by atoms with E-state index in [-0.39, 0.29) is 17.5 Å². The summed E-state index contributed by atoms with van der Waals surface area (Å²) in [6, 6.07) is 0. The minimum absolute atomic E-state index is 0.159. The Morgan fingerprint density at radius 2 is 2.12 bits per heavy atom. The van der Waals surface area contributed by atoms with Crippen LogP contribution in [0.25, 0.3) is 0 Å². The SMILES string of the molecule is CCC(OC)c1nc(C(F)(F)F)c(CNC)s1. The normalized spacial score (nSPS) is 14.0. The van der Waals surface area contributed by atoms with Crippen LogP contribution in [0.2, 0.25) is 0 Å². The van der Waals surface area contributed by atoms with Crippen LogP contribution in [-0.2, 0) is 17.5 Å². The van der Waals surface area contributed by atoms with E-state index in [1.54, 1.807) is 7.05 Å². The minimum atomic E-state index is -4.41. The lowest BCUT2D eigenvalue weighted by atomic mass is 10.3. The van der Waals surface area contributed by atoms with Gasteiger partial charge in [-0.3, -0.25) is 0 Å². The zero-order valence-electron chi connectivity index (χ0n) is 9.89. The summed E-state index contributed by atoms with van der Waals surface area (Å²) in [5, 5.41) is 3.10. The molecular formula is C10H15F3N2OS. The first-order valence-corrected chi connectivity index (χ1v) is 5.99. The highest BCUT2D eigenvalue weighted by Crippen LogP contribution is 2.37. The van der Waals surface area contributed by atoms with E-state index >= 15 is 0 Å². The Morgan fingerprint density at radius 3 is 2.53 bits per heavy atom. The second-order valence-corrected chi connectivity index (χ2v) is 4.60. The molecule has 0 saturated carbocycles. The van der Waals surface area contributed by atoms with Gasteiger partial charge < -0.3 is 10.1 Å². The Hall–Kier alpha value is -0.660. The number of thiazole rings is 1. The standard InChI is InChI=1S/C10H15F3N2OS/c1-4-6(16-3)9-15-8(10(11,12)13)7(17-9)5-14-2/h6,14H,4-5H2,1-3H3. The lowest BCUT2D eigenvalue weighted by Gasteiger charge is -2.08. The van der Waals surface area contributed by atoms with Crippen molar-refractivity contribution in [2.75, 3.05) is 14.2 Å². The number of hydrogen-bond acceptors (Lipinski definition) is 4. The van der Waals surface area contributed by atoms with E-state index in [9.17, 15) is 13.2 Å². The maximum absolute atomic E-state index is 12.7. The fourth-order valence-electron chi connectivity index (χ4n) is 1.45. The van der Waals surface area contributed by atoms with E-state index in [4.69, 9.17) is 4.74 Å². The minimum Gasteiger partial charge on any atom is -0.374 e. The molecule has 1 unspecified atom stereocenters. The highest BCUT2D eigenvalue weighted by molar-refractivity contribution is 7.11. The smallest absolute Gasteiger partial charge is 0.374 e. The summed E-state index contributed by atoms with van der Waals surface area (Å²) in [5.74, 6) is 0. The third-order valence-corrected chi connectivity index (χ3v) is 3.40. The monoisotopic (exact) mass is 268 g/mol. The molecule has 0 amide bonds. The van der Waals surface area contributed by atoms with Crippen LogP contribution in [0, 0.1) is 0 Å². The molecule has 0 fully saturated rings. The van der Waals surface area contributed by atoms with E-state index < -0.39 is 11.9 Å². The molecule has 0 aliphatic rings. The van der Waals surface area contributed by atoms with Crippen molar-refractivity contribution in [3.8, 4) is 0 Å². The Morgan fingerprint density at radius 1 is 1.47 bits per heavy atom. The zero-order valence-corrected chi connectivity index (χ0v) is 10.7. The topological polar surface area (TPSA) is 34.1 Å². The van der Waals surface area contributed by atoms with Crippen molar-refractivity contribution in [2.24, 2.45) is 0 Å². The van der Waals surface area contributed by atoms with Gasteiger partial charge in [0.25, 0.3) is 0 Å². The molecule has 0 aromatic carbocycles. The summed E-state index contributed by atoms with van der Waals surface area (Å²) in [6.45, 7) is 2.01.